The molecule has 0 saturated heterocycles. The molecule has 1 N–H and O–H groups in total. The third-order valence-electron chi connectivity index (χ3n) is 3.26. The minimum Gasteiger partial charge on any atom is -0.373 e. The van der Waals surface area contributed by atoms with E-state index in [9.17, 15) is 8.78 Å². The lowest BCUT2D eigenvalue weighted by molar-refractivity contribution is 0.509. The first-order chi connectivity index (χ1) is 9.61. The SMILES string of the molecule is CNc1nc(Cl)nc2c1CCN2c1cccc(F)c1F. The van der Waals surface area contributed by atoms with Crippen molar-refractivity contribution in [3.63, 3.8) is 0 Å². The Balaban J connectivity index is 2.14. The summed E-state index contributed by atoms with van der Waals surface area (Å²) < 4.78 is 27.3. The van der Waals surface area contributed by atoms with Gasteiger partial charge in [-0.25, -0.2) is 13.8 Å². The van der Waals surface area contributed by atoms with E-state index in [1.807, 2.05) is 0 Å². The summed E-state index contributed by atoms with van der Waals surface area (Å²) in [6.07, 6.45) is 0.638. The monoisotopic (exact) mass is 296 g/mol. The summed E-state index contributed by atoms with van der Waals surface area (Å²) in [5, 5.41) is 3.00. The maximum Gasteiger partial charge on any atom is 0.226 e. The summed E-state index contributed by atoms with van der Waals surface area (Å²) in [5.74, 6) is -0.649. The third kappa shape index (κ3) is 1.96. The highest BCUT2D eigenvalue weighted by Gasteiger charge is 2.28. The Bertz CT molecular complexity index is 678. The fourth-order valence-corrected chi connectivity index (χ4v) is 2.54. The second kappa shape index (κ2) is 4.86. The largest absolute Gasteiger partial charge is 0.373 e. The molecule has 104 valence electrons. The lowest BCUT2D eigenvalue weighted by Gasteiger charge is -2.19. The molecule has 2 aromatic rings. The Kier molecular flexibility index (Phi) is 3.17. The van der Waals surface area contributed by atoms with Crippen molar-refractivity contribution in [2.75, 3.05) is 23.8 Å². The molecule has 20 heavy (non-hydrogen) atoms. The van der Waals surface area contributed by atoms with Gasteiger partial charge in [0.1, 0.15) is 11.6 Å². The minimum atomic E-state index is -0.888. The zero-order valence-electron chi connectivity index (χ0n) is 10.6. The first-order valence-corrected chi connectivity index (χ1v) is 6.45. The number of aromatic nitrogens is 2. The van der Waals surface area contributed by atoms with Crippen LogP contribution in [0.5, 0.6) is 0 Å². The summed E-state index contributed by atoms with van der Waals surface area (Å²) in [5.41, 5.74) is 1.00. The Morgan fingerprint density at radius 1 is 1.30 bits per heavy atom. The summed E-state index contributed by atoms with van der Waals surface area (Å²) >= 11 is 5.87. The highest BCUT2D eigenvalue weighted by atomic mass is 35.5. The quantitative estimate of drug-likeness (QED) is 0.865. The standard InChI is InChI=1S/C13H11ClF2N4/c1-17-11-7-5-6-20(12(7)19-13(14)18-11)9-4-2-3-8(15)10(9)16/h2-4H,5-6H2,1H3,(H,17,18,19). The summed E-state index contributed by atoms with van der Waals surface area (Å²) in [7, 11) is 1.73. The molecule has 1 aliphatic rings. The molecule has 1 aromatic heterocycles. The predicted molar refractivity (Wildman–Crippen MR) is 73.7 cm³/mol. The molecule has 0 spiro atoms. The number of fused-ring (bicyclic) bond motifs is 1. The maximum atomic E-state index is 13.9. The second-order valence-corrected chi connectivity index (χ2v) is 4.71. The lowest BCUT2D eigenvalue weighted by atomic mass is 10.2. The van der Waals surface area contributed by atoms with Gasteiger partial charge in [0.2, 0.25) is 5.28 Å². The van der Waals surface area contributed by atoms with Gasteiger partial charge in [-0.3, -0.25) is 0 Å². The van der Waals surface area contributed by atoms with Crippen molar-refractivity contribution in [1.29, 1.82) is 0 Å². The topological polar surface area (TPSA) is 41.1 Å². The highest BCUT2D eigenvalue weighted by molar-refractivity contribution is 6.28. The molecule has 0 aliphatic carbocycles. The molecule has 1 aliphatic heterocycles. The van der Waals surface area contributed by atoms with E-state index in [1.54, 1.807) is 11.9 Å². The Labute approximate surface area is 119 Å². The van der Waals surface area contributed by atoms with Gasteiger partial charge in [0.05, 0.1) is 5.69 Å². The average Bonchev–Trinajstić information content (AvgIpc) is 2.84. The van der Waals surface area contributed by atoms with E-state index in [4.69, 9.17) is 11.6 Å². The maximum absolute atomic E-state index is 13.9. The van der Waals surface area contributed by atoms with E-state index in [0.29, 0.717) is 24.6 Å². The van der Waals surface area contributed by atoms with Crippen LogP contribution in [0.4, 0.5) is 26.1 Å². The zero-order chi connectivity index (χ0) is 14.3. The molecule has 4 nitrogen and oxygen atoms in total. The normalized spacial score (nSPS) is 13.5. The molecule has 7 heteroatoms. The van der Waals surface area contributed by atoms with Crippen molar-refractivity contribution < 1.29 is 8.78 Å². The molecule has 3 rings (SSSR count). The number of halogens is 3. The van der Waals surface area contributed by atoms with Gasteiger partial charge >= 0.3 is 0 Å². The summed E-state index contributed by atoms with van der Waals surface area (Å²) in [4.78, 5) is 9.84. The molecule has 0 unspecified atom stereocenters. The number of anilines is 3. The van der Waals surface area contributed by atoms with Gasteiger partial charge in [-0.05, 0) is 30.2 Å². The summed E-state index contributed by atoms with van der Waals surface area (Å²) in [6, 6.07) is 4.07. The van der Waals surface area contributed by atoms with E-state index < -0.39 is 11.6 Å². The molecular formula is C13H11ClF2N4. The highest BCUT2D eigenvalue weighted by Crippen LogP contribution is 2.38. The fraction of sp³-hybridized carbons (Fsp3) is 0.231. The van der Waals surface area contributed by atoms with Crippen LogP contribution in [-0.2, 0) is 6.42 Å². The summed E-state index contributed by atoms with van der Waals surface area (Å²) in [6.45, 7) is 0.499. The van der Waals surface area contributed by atoms with Crippen LogP contribution in [0.1, 0.15) is 5.56 Å². The van der Waals surface area contributed by atoms with Gasteiger partial charge in [-0.1, -0.05) is 6.07 Å². The van der Waals surface area contributed by atoms with Crippen LogP contribution in [0.2, 0.25) is 5.28 Å². The average molecular weight is 297 g/mol. The molecule has 0 bridgehead atoms. The second-order valence-electron chi connectivity index (χ2n) is 4.37. The third-order valence-corrected chi connectivity index (χ3v) is 3.43. The molecule has 0 fully saturated rings. The van der Waals surface area contributed by atoms with Crippen molar-refractivity contribution >= 4 is 28.9 Å². The molecule has 0 amide bonds. The van der Waals surface area contributed by atoms with E-state index in [1.165, 1.54) is 12.1 Å². The van der Waals surface area contributed by atoms with Gasteiger partial charge < -0.3 is 10.2 Å². The van der Waals surface area contributed by atoms with Crippen LogP contribution in [0.3, 0.4) is 0 Å². The Hall–Kier alpha value is -1.95. The molecule has 0 atom stereocenters. The molecule has 2 heterocycles. The van der Waals surface area contributed by atoms with E-state index >= 15 is 0 Å². The predicted octanol–water partition coefficient (Wildman–Crippen LogP) is 3.14. The van der Waals surface area contributed by atoms with Gasteiger partial charge in [-0.15, -0.1) is 0 Å². The number of hydrogen-bond donors (Lipinski definition) is 1. The van der Waals surface area contributed by atoms with Crippen LogP contribution in [0.15, 0.2) is 18.2 Å². The van der Waals surface area contributed by atoms with Crippen molar-refractivity contribution in [2.24, 2.45) is 0 Å². The van der Waals surface area contributed by atoms with Crippen LogP contribution in [-0.4, -0.2) is 23.6 Å². The van der Waals surface area contributed by atoms with Gasteiger partial charge in [-0.2, -0.15) is 4.98 Å². The van der Waals surface area contributed by atoms with E-state index in [2.05, 4.69) is 15.3 Å². The van der Waals surface area contributed by atoms with Crippen molar-refractivity contribution in [3.05, 3.63) is 40.7 Å². The fourth-order valence-electron chi connectivity index (χ4n) is 2.37. The molecule has 0 saturated carbocycles. The smallest absolute Gasteiger partial charge is 0.226 e. The number of nitrogens with one attached hydrogen (secondary N) is 1. The number of benzene rings is 1. The van der Waals surface area contributed by atoms with Crippen LogP contribution < -0.4 is 10.2 Å². The number of nitrogens with zero attached hydrogens (tertiary/aromatic N) is 3. The van der Waals surface area contributed by atoms with Crippen molar-refractivity contribution in [1.82, 2.24) is 9.97 Å². The Morgan fingerprint density at radius 2 is 2.10 bits per heavy atom. The zero-order valence-corrected chi connectivity index (χ0v) is 11.4. The lowest BCUT2D eigenvalue weighted by Crippen LogP contribution is -2.16. The first-order valence-electron chi connectivity index (χ1n) is 6.07. The molecule has 1 aromatic carbocycles. The first kappa shape index (κ1) is 13.1. The van der Waals surface area contributed by atoms with E-state index in [-0.39, 0.29) is 11.0 Å². The minimum absolute atomic E-state index is 0.0665. The van der Waals surface area contributed by atoms with Crippen molar-refractivity contribution in [2.45, 2.75) is 6.42 Å². The van der Waals surface area contributed by atoms with Crippen LogP contribution in [0, 0.1) is 11.6 Å². The van der Waals surface area contributed by atoms with E-state index in [0.717, 1.165) is 11.6 Å². The number of rotatable bonds is 2. The van der Waals surface area contributed by atoms with Crippen LogP contribution >= 0.6 is 11.6 Å². The Morgan fingerprint density at radius 3 is 2.85 bits per heavy atom. The van der Waals surface area contributed by atoms with Crippen LogP contribution in [0.25, 0.3) is 0 Å². The number of hydrogen-bond acceptors (Lipinski definition) is 4. The van der Waals surface area contributed by atoms with Gasteiger partial charge in [0, 0.05) is 19.2 Å². The van der Waals surface area contributed by atoms with Crippen molar-refractivity contribution in [3.8, 4) is 0 Å². The van der Waals surface area contributed by atoms with Gasteiger partial charge in [0.25, 0.3) is 0 Å². The molecule has 0 radical (unpaired) electrons. The molecular weight excluding hydrogens is 286 g/mol. The van der Waals surface area contributed by atoms with Gasteiger partial charge in [0.15, 0.2) is 11.6 Å².